The van der Waals surface area contributed by atoms with Gasteiger partial charge in [-0.05, 0) is 62.1 Å². The van der Waals surface area contributed by atoms with Gasteiger partial charge < -0.3 is 14.7 Å². The van der Waals surface area contributed by atoms with Crippen molar-refractivity contribution in [3.8, 4) is 11.5 Å². The lowest BCUT2D eigenvalue weighted by atomic mass is 9.94. The molecular weight excluding hydrogens is 573 g/mol. The van der Waals surface area contributed by atoms with Gasteiger partial charge in [-0.2, -0.15) is 9.29 Å². The molecule has 3 aliphatic rings. The number of anilines is 1. The zero-order chi connectivity index (χ0) is 26.7. The first-order chi connectivity index (χ1) is 18.2. The number of amides is 2. The monoisotopic (exact) mass is 595 g/mol. The van der Waals surface area contributed by atoms with E-state index in [1.807, 2.05) is 12.1 Å². The number of carbonyl (C=O) groups excluding carboxylic acids is 1. The molecule has 0 radical (unpaired) electrons. The maximum absolute atomic E-state index is 12.9. The summed E-state index contributed by atoms with van der Waals surface area (Å²) in [6.45, 7) is 1.21. The van der Waals surface area contributed by atoms with Gasteiger partial charge in [0.1, 0.15) is 0 Å². The molecule has 1 N–H and O–H groups in total. The Labute approximate surface area is 235 Å². The van der Waals surface area contributed by atoms with Gasteiger partial charge >= 0.3 is 6.03 Å². The van der Waals surface area contributed by atoms with Crippen LogP contribution in [0.5, 0.6) is 0 Å². The smallest absolute Gasteiger partial charge is 0.321 e. The molecule has 0 unspecified atom stereocenters. The first-order valence-corrected chi connectivity index (χ1v) is 15.0. The Morgan fingerprint density at radius 1 is 1.00 bits per heavy atom. The van der Waals surface area contributed by atoms with E-state index in [1.165, 1.54) is 4.31 Å². The number of piperazine rings is 1. The van der Waals surface area contributed by atoms with Gasteiger partial charge in [0.15, 0.2) is 5.82 Å². The minimum Gasteiger partial charge on any atom is -0.334 e. The maximum atomic E-state index is 12.9. The first-order valence-electron chi connectivity index (χ1n) is 12.3. The summed E-state index contributed by atoms with van der Waals surface area (Å²) in [5.41, 5.74) is 1.34. The molecule has 2 aromatic carbocycles. The highest BCUT2D eigenvalue weighted by atomic mass is 35.5. The summed E-state index contributed by atoms with van der Waals surface area (Å²) >= 11 is 19.4. The number of halogens is 3. The highest BCUT2D eigenvalue weighted by Gasteiger charge is 2.52. The van der Waals surface area contributed by atoms with Gasteiger partial charge in [0.2, 0.25) is 10.0 Å². The minimum absolute atomic E-state index is 0.253. The number of aromatic nitrogens is 2. The van der Waals surface area contributed by atoms with E-state index in [0.717, 1.165) is 31.2 Å². The van der Waals surface area contributed by atoms with E-state index < -0.39 is 15.4 Å². The number of hydrogen-bond donors (Lipinski definition) is 1. The lowest BCUT2D eigenvalue weighted by Gasteiger charge is -2.34. The first kappa shape index (κ1) is 25.9. The predicted molar refractivity (Wildman–Crippen MR) is 145 cm³/mol. The van der Waals surface area contributed by atoms with Crippen LogP contribution in [0, 0.1) is 0 Å². The van der Waals surface area contributed by atoms with Gasteiger partial charge in [-0.1, -0.05) is 40.0 Å². The maximum Gasteiger partial charge on any atom is 0.321 e. The second-order valence-corrected chi connectivity index (χ2v) is 13.4. The molecule has 0 atom stereocenters. The third-order valence-corrected chi connectivity index (χ3v) is 10.5. The number of rotatable bonds is 6. The zero-order valence-electron chi connectivity index (χ0n) is 20.2. The molecular formula is C25H24Cl3N5O4S. The van der Waals surface area contributed by atoms with Gasteiger partial charge in [-0.15, -0.1) is 0 Å². The van der Waals surface area contributed by atoms with Crippen LogP contribution in [-0.4, -0.2) is 65.2 Å². The van der Waals surface area contributed by atoms with E-state index >= 15 is 0 Å². The Balaban J connectivity index is 1.15. The normalized spacial score (nSPS) is 19.4. The molecule has 2 saturated carbocycles. The van der Waals surface area contributed by atoms with Gasteiger partial charge in [0.05, 0.1) is 10.7 Å². The largest absolute Gasteiger partial charge is 0.334 e. The van der Waals surface area contributed by atoms with Crippen LogP contribution in [0.25, 0.3) is 11.5 Å². The van der Waals surface area contributed by atoms with Crippen molar-refractivity contribution in [3.05, 3.63) is 62.9 Å². The van der Waals surface area contributed by atoms with E-state index in [9.17, 15) is 13.2 Å². The molecule has 2 heterocycles. The topological polar surface area (TPSA) is 109 Å². The molecule has 2 aliphatic carbocycles. The van der Waals surface area contributed by atoms with Gasteiger partial charge in [-0.25, -0.2) is 13.2 Å². The van der Waals surface area contributed by atoms with E-state index in [1.54, 1.807) is 29.2 Å². The predicted octanol–water partition coefficient (Wildman–Crippen LogP) is 5.42. The fourth-order valence-electron chi connectivity index (χ4n) is 4.87. The molecule has 1 saturated heterocycles. The minimum atomic E-state index is -3.24. The summed E-state index contributed by atoms with van der Waals surface area (Å²) in [7, 11) is -3.24. The van der Waals surface area contributed by atoms with Crippen LogP contribution in [0.3, 0.4) is 0 Å². The Kier molecular flexibility index (Phi) is 6.59. The zero-order valence-corrected chi connectivity index (χ0v) is 23.2. The molecule has 0 bridgehead atoms. The lowest BCUT2D eigenvalue weighted by molar-refractivity contribution is 0.184. The third-order valence-electron chi connectivity index (χ3n) is 7.30. The van der Waals surface area contributed by atoms with Crippen molar-refractivity contribution in [2.24, 2.45) is 0 Å². The number of nitrogens with zero attached hydrogens (tertiary/aromatic N) is 4. The molecule has 1 aliphatic heterocycles. The van der Waals surface area contributed by atoms with Crippen molar-refractivity contribution in [1.82, 2.24) is 19.3 Å². The number of urea groups is 1. The number of hydrogen-bond acceptors (Lipinski definition) is 6. The van der Waals surface area contributed by atoms with Crippen LogP contribution in [0.2, 0.25) is 15.1 Å². The average Bonchev–Trinajstić information content (AvgIpc) is 3.83. The van der Waals surface area contributed by atoms with Crippen LogP contribution in [0.15, 0.2) is 40.9 Å². The van der Waals surface area contributed by atoms with Crippen LogP contribution in [0.1, 0.15) is 37.1 Å². The number of nitrogens with one attached hydrogen (secondary N) is 1. The number of carbonyl (C=O) groups is 1. The Morgan fingerprint density at radius 3 is 2.21 bits per heavy atom. The van der Waals surface area contributed by atoms with Crippen molar-refractivity contribution in [1.29, 1.82) is 0 Å². The summed E-state index contributed by atoms with van der Waals surface area (Å²) in [5, 5.41) is 8.20. The van der Waals surface area contributed by atoms with E-state index in [4.69, 9.17) is 39.3 Å². The summed E-state index contributed by atoms with van der Waals surface area (Å²) in [6.07, 6.45) is 2.95. The molecule has 3 fully saturated rings. The van der Waals surface area contributed by atoms with Gasteiger partial charge in [-0.3, -0.25) is 0 Å². The third kappa shape index (κ3) is 4.77. The quantitative estimate of drug-likeness (QED) is 0.407. The fourth-order valence-corrected chi connectivity index (χ4v) is 7.67. The Hall–Kier alpha value is -2.37. The molecule has 3 aromatic rings. The molecule has 13 heteroatoms. The summed E-state index contributed by atoms with van der Waals surface area (Å²) in [6, 6.07) is 10.1. The van der Waals surface area contributed by atoms with Crippen molar-refractivity contribution >= 4 is 56.5 Å². The van der Waals surface area contributed by atoms with Crippen molar-refractivity contribution < 1.29 is 17.7 Å². The highest BCUT2D eigenvalue weighted by Crippen LogP contribution is 2.57. The summed E-state index contributed by atoms with van der Waals surface area (Å²) < 4.78 is 31.9. The van der Waals surface area contributed by atoms with Gasteiger partial charge in [0, 0.05) is 58.1 Å². The second-order valence-electron chi connectivity index (χ2n) is 9.89. The van der Waals surface area contributed by atoms with Crippen LogP contribution < -0.4 is 5.32 Å². The van der Waals surface area contributed by atoms with Gasteiger partial charge in [0.25, 0.3) is 5.89 Å². The Bertz CT molecular complexity index is 1470. The summed E-state index contributed by atoms with van der Waals surface area (Å²) in [4.78, 5) is 19.1. The standard InChI is InChI=1S/C25H24Cl3N5O4S/c26-16-3-1-15(2-4-16)22-30-23(31-37-22)25(7-8-25)21-19(27)13-17(14-20(21)28)29-24(34)32-9-11-33(12-10-32)38(35,36)18-5-6-18/h1-4,13-14,18H,5-12H2,(H,29,34). The molecule has 38 heavy (non-hydrogen) atoms. The van der Waals surface area contributed by atoms with Crippen molar-refractivity contribution in [3.63, 3.8) is 0 Å². The van der Waals surface area contributed by atoms with Crippen LogP contribution in [-0.2, 0) is 15.4 Å². The van der Waals surface area contributed by atoms with E-state index in [2.05, 4.69) is 15.5 Å². The summed E-state index contributed by atoms with van der Waals surface area (Å²) in [5.74, 6) is 0.881. The highest BCUT2D eigenvalue weighted by molar-refractivity contribution is 7.90. The molecule has 6 rings (SSSR count). The number of sulfonamides is 1. The molecule has 0 spiro atoms. The molecule has 2 amide bonds. The molecule has 200 valence electrons. The fraction of sp³-hybridized carbons (Fsp3) is 0.400. The van der Waals surface area contributed by atoms with E-state index in [0.29, 0.717) is 51.1 Å². The molecule has 9 nitrogen and oxygen atoms in total. The van der Waals surface area contributed by atoms with Crippen LogP contribution >= 0.6 is 34.8 Å². The average molecular weight is 597 g/mol. The SMILES string of the molecule is O=C(Nc1cc(Cl)c(C2(c3noc(-c4ccc(Cl)cc4)n3)CC2)c(Cl)c1)N1CCN(S(=O)(=O)C2CC2)CC1. The van der Waals surface area contributed by atoms with E-state index in [-0.39, 0.29) is 24.4 Å². The lowest BCUT2D eigenvalue weighted by Crippen LogP contribution is -2.52. The van der Waals surface area contributed by atoms with Crippen molar-refractivity contribution in [2.75, 3.05) is 31.5 Å². The molecule has 1 aromatic heterocycles. The number of benzene rings is 2. The Morgan fingerprint density at radius 2 is 1.63 bits per heavy atom. The second kappa shape index (κ2) is 9.67. The van der Waals surface area contributed by atoms with Crippen molar-refractivity contribution in [2.45, 2.75) is 36.3 Å². The van der Waals surface area contributed by atoms with Crippen LogP contribution in [0.4, 0.5) is 10.5 Å².